The highest BCUT2D eigenvalue weighted by molar-refractivity contribution is 5.78. The van der Waals surface area contributed by atoms with Crippen LogP contribution in [0.4, 0.5) is 0 Å². The number of aromatic nitrogens is 1. The first-order valence-corrected chi connectivity index (χ1v) is 11.2. The minimum absolute atomic E-state index is 0.00198. The van der Waals surface area contributed by atoms with Crippen molar-refractivity contribution in [3.8, 4) is 0 Å². The average Bonchev–Trinajstić information content (AvgIpc) is 3.44. The van der Waals surface area contributed by atoms with Crippen LogP contribution in [0.2, 0.25) is 0 Å². The molecule has 7 heteroatoms. The Bertz CT molecular complexity index is 739. The van der Waals surface area contributed by atoms with Gasteiger partial charge in [-0.15, -0.1) is 0 Å². The fraction of sp³-hybridized carbons (Fsp3) is 0.696. The van der Waals surface area contributed by atoms with Crippen molar-refractivity contribution in [2.45, 2.75) is 51.3 Å². The minimum Gasteiger partial charge on any atom is -0.376 e. The molecule has 2 heterocycles. The number of ether oxygens (including phenoxy) is 1. The maximum atomic E-state index is 12.9. The Hall–Kier alpha value is -1.99. The van der Waals surface area contributed by atoms with Crippen LogP contribution in [0.15, 0.2) is 24.5 Å². The van der Waals surface area contributed by atoms with Crippen LogP contribution >= 0.6 is 0 Å². The number of fused-ring (bicyclic) bond motifs is 1. The molecule has 1 aromatic rings. The van der Waals surface area contributed by atoms with Crippen molar-refractivity contribution in [2.24, 2.45) is 17.8 Å². The van der Waals surface area contributed by atoms with E-state index >= 15 is 0 Å². The molecule has 4 rings (SSSR count). The van der Waals surface area contributed by atoms with E-state index in [0.29, 0.717) is 24.3 Å². The van der Waals surface area contributed by atoms with E-state index in [-0.39, 0.29) is 24.0 Å². The standard InChI is InChI=1S/C23H34N4O3/c1-16(28)25-21-9-19-12-27(13-20(19)10-22(21)30-15-18-3-4-18)23(29)14-26(2)11-17-5-7-24-8-6-17/h5-8,18-22H,3-4,9-15H2,1-2H3,(H,25,28)/t19-,20+,21-,22-/m1/s1. The number of nitrogens with zero attached hydrogens (tertiary/aromatic N) is 3. The van der Waals surface area contributed by atoms with E-state index in [9.17, 15) is 9.59 Å². The Labute approximate surface area is 179 Å². The Balaban J connectivity index is 1.31. The molecule has 1 N–H and O–H groups in total. The van der Waals surface area contributed by atoms with Gasteiger partial charge in [-0.25, -0.2) is 0 Å². The van der Waals surface area contributed by atoms with Crippen LogP contribution in [-0.2, 0) is 20.9 Å². The average molecular weight is 415 g/mol. The fourth-order valence-electron chi connectivity index (χ4n) is 4.95. The van der Waals surface area contributed by atoms with Gasteiger partial charge in [0.25, 0.3) is 0 Å². The van der Waals surface area contributed by atoms with Gasteiger partial charge < -0.3 is 15.0 Å². The quantitative estimate of drug-likeness (QED) is 0.701. The van der Waals surface area contributed by atoms with Gasteiger partial charge in [0.15, 0.2) is 0 Å². The highest BCUT2D eigenvalue weighted by atomic mass is 16.5. The van der Waals surface area contributed by atoms with Crippen molar-refractivity contribution in [1.82, 2.24) is 20.1 Å². The van der Waals surface area contributed by atoms with Gasteiger partial charge in [0, 0.05) is 45.6 Å². The monoisotopic (exact) mass is 414 g/mol. The second-order valence-electron chi connectivity index (χ2n) is 9.44. The second kappa shape index (κ2) is 9.43. The molecule has 0 unspecified atom stereocenters. The van der Waals surface area contributed by atoms with Gasteiger partial charge in [0.1, 0.15) is 0 Å². The molecular formula is C23H34N4O3. The van der Waals surface area contributed by atoms with Crippen LogP contribution in [0.1, 0.15) is 38.2 Å². The zero-order valence-corrected chi connectivity index (χ0v) is 18.1. The number of hydrogen-bond donors (Lipinski definition) is 1. The normalized spacial score (nSPS) is 28.4. The fourth-order valence-corrected chi connectivity index (χ4v) is 4.95. The largest absolute Gasteiger partial charge is 0.376 e. The first kappa shape index (κ1) is 21.2. The van der Waals surface area contributed by atoms with E-state index in [4.69, 9.17) is 4.74 Å². The van der Waals surface area contributed by atoms with Gasteiger partial charge in [-0.2, -0.15) is 0 Å². The molecule has 2 amide bonds. The van der Waals surface area contributed by atoms with Crippen molar-refractivity contribution in [2.75, 3.05) is 33.3 Å². The Morgan fingerprint density at radius 3 is 2.57 bits per heavy atom. The molecule has 1 saturated heterocycles. The lowest BCUT2D eigenvalue weighted by Crippen LogP contribution is -2.50. The van der Waals surface area contributed by atoms with Crippen molar-refractivity contribution in [3.05, 3.63) is 30.1 Å². The minimum atomic E-state index is 0.00198. The molecule has 0 bridgehead atoms. The molecule has 1 aliphatic heterocycles. The molecule has 1 aromatic heterocycles. The number of nitrogens with one attached hydrogen (secondary N) is 1. The lowest BCUT2D eigenvalue weighted by molar-refractivity contribution is -0.131. The Morgan fingerprint density at radius 1 is 1.20 bits per heavy atom. The summed E-state index contributed by atoms with van der Waals surface area (Å²) in [6, 6.07) is 4.02. The smallest absolute Gasteiger partial charge is 0.236 e. The second-order valence-corrected chi connectivity index (χ2v) is 9.44. The topological polar surface area (TPSA) is 74.8 Å². The lowest BCUT2D eigenvalue weighted by atomic mass is 9.77. The zero-order chi connectivity index (χ0) is 21.1. The van der Waals surface area contributed by atoms with Crippen molar-refractivity contribution in [1.29, 1.82) is 0 Å². The van der Waals surface area contributed by atoms with Crippen LogP contribution in [0.5, 0.6) is 0 Å². The number of amides is 2. The molecular weight excluding hydrogens is 380 g/mol. The van der Waals surface area contributed by atoms with Crippen molar-refractivity contribution < 1.29 is 14.3 Å². The molecule has 3 fully saturated rings. The number of carbonyl (C=O) groups is 2. The maximum Gasteiger partial charge on any atom is 0.236 e. The molecule has 2 aliphatic carbocycles. The SMILES string of the molecule is CC(=O)N[C@@H]1C[C@@H]2CN(C(=O)CN(C)Cc3ccncc3)C[C@@H]2C[C@H]1OCC1CC1. The van der Waals surface area contributed by atoms with Crippen molar-refractivity contribution in [3.63, 3.8) is 0 Å². The lowest BCUT2D eigenvalue weighted by Gasteiger charge is -2.38. The number of pyridine rings is 1. The van der Waals surface area contributed by atoms with E-state index in [0.717, 1.165) is 44.6 Å². The number of carbonyl (C=O) groups excluding carboxylic acids is 2. The third-order valence-corrected chi connectivity index (χ3v) is 6.71. The number of likely N-dealkylation sites (tertiary alicyclic amines) is 1. The number of likely N-dealkylation sites (N-methyl/N-ethyl adjacent to an activating group) is 1. The summed E-state index contributed by atoms with van der Waals surface area (Å²) in [4.78, 5) is 32.7. The highest BCUT2D eigenvalue weighted by Gasteiger charge is 2.44. The van der Waals surface area contributed by atoms with Crippen LogP contribution in [0, 0.1) is 17.8 Å². The number of rotatable bonds is 8. The molecule has 0 radical (unpaired) electrons. The predicted molar refractivity (Wildman–Crippen MR) is 113 cm³/mol. The van der Waals surface area contributed by atoms with Crippen LogP contribution in [-0.4, -0.2) is 72.0 Å². The van der Waals surface area contributed by atoms with Gasteiger partial charge in [-0.05, 0) is 68.2 Å². The van der Waals surface area contributed by atoms with Gasteiger partial charge in [-0.1, -0.05) is 0 Å². The maximum absolute atomic E-state index is 12.9. The summed E-state index contributed by atoms with van der Waals surface area (Å²) in [7, 11) is 1.98. The summed E-state index contributed by atoms with van der Waals surface area (Å²) in [5.41, 5.74) is 1.16. The van der Waals surface area contributed by atoms with E-state index in [1.807, 2.05) is 24.1 Å². The van der Waals surface area contributed by atoms with E-state index in [1.165, 1.54) is 12.8 Å². The van der Waals surface area contributed by atoms with Gasteiger partial charge in [0.2, 0.25) is 11.8 Å². The Morgan fingerprint density at radius 2 is 1.90 bits per heavy atom. The van der Waals surface area contributed by atoms with Crippen molar-refractivity contribution >= 4 is 11.8 Å². The van der Waals surface area contributed by atoms with Gasteiger partial charge >= 0.3 is 0 Å². The summed E-state index contributed by atoms with van der Waals surface area (Å²) < 4.78 is 6.22. The number of hydrogen-bond acceptors (Lipinski definition) is 5. The first-order chi connectivity index (χ1) is 14.5. The van der Waals surface area contributed by atoms with E-state index in [2.05, 4.69) is 15.2 Å². The zero-order valence-electron chi connectivity index (χ0n) is 18.1. The summed E-state index contributed by atoms with van der Waals surface area (Å²) in [6.07, 6.45) is 7.99. The molecule has 30 heavy (non-hydrogen) atoms. The highest BCUT2D eigenvalue weighted by Crippen LogP contribution is 2.39. The third kappa shape index (κ3) is 5.58. The molecule has 4 atom stereocenters. The molecule has 164 valence electrons. The third-order valence-electron chi connectivity index (χ3n) is 6.71. The summed E-state index contributed by atoms with van der Waals surface area (Å²) in [6.45, 7) is 5.13. The summed E-state index contributed by atoms with van der Waals surface area (Å²) >= 11 is 0. The summed E-state index contributed by atoms with van der Waals surface area (Å²) in [5.74, 6) is 1.80. The molecule has 0 spiro atoms. The Kier molecular flexibility index (Phi) is 6.68. The van der Waals surface area contributed by atoms with Crippen LogP contribution < -0.4 is 5.32 Å². The van der Waals surface area contributed by atoms with E-state index in [1.54, 1.807) is 19.3 Å². The molecule has 3 aliphatic rings. The molecule has 2 saturated carbocycles. The first-order valence-electron chi connectivity index (χ1n) is 11.2. The van der Waals surface area contributed by atoms with Crippen LogP contribution in [0.25, 0.3) is 0 Å². The van der Waals surface area contributed by atoms with Crippen LogP contribution in [0.3, 0.4) is 0 Å². The molecule has 0 aromatic carbocycles. The predicted octanol–water partition coefficient (Wildman–Crippen LogP) is 1.68. The molecule has 7 nitrogen and oxygen atoms in total. The summed E-state index contributed by atoms with van der Waals surface area (Å²) in [5, 5.41) is 3.11. The van der Waals surface area contributed by atoms with Gasteiger partial charge in [-0.3, -0.25) is 19.5 Å². The van der Waals surface area contributed by atoms with Gasteiger partial charge in [0.05, 0.1) is 18.7 Å². The van der Waals surface area contributed by atoms with E-state index < -0.39 is 0 Å².